The van der Waals surface area contributed by atoms with Crippen LogP contribution in [-0.2, 0) is 4.79 Å². The van der Waals surface area contributed by atoms with E-state index < -0.39 is 0 Å². The SMILES string of the molecule is CC(=O)NCC#Cc1cnc2ccccn12. The lowest BCUT2D eigenvalue weighted by Crippen LogP contribution is -2.19. The van der Waals surface area contributed by atoms with Gasteiger partial charge in [0.1, 0.15) is 11.3 Å². The molecule has 0 aromatic carbocycles. The maximum absolute atomic E-state index is 10.6. The molecule has 2 aromatic heterocycles. The van der Waals surface area contributed by atoms with Crippen molar-refractivity contribution in [2.45, 2.75) is 6.92 Å². The summed E-state index contributed by atoms with van der Waals surface area (Å²) >= 11 is 0. The van der Waals surface area contributed by atoms with Gasteiger partial charge in [-0.1, -0.05) is 12.0 Å². The lowest BCUT2D eigenvalue weighted by molar-refractivity contribution is -0.118. The van der Waals surface area contributed by atoms with Crippen molar-refractivity contribution in [2.75, 3.05) is 6.54 Å². The van der Waals surface area contributed by atoms with E-state index in [4.69, 9.17) is 0 Å². The first-order valence-electron chi connectivity index (χ1n) is 4.93. The summed E-state index contributed by atoms with van der Waals surface area (Å²) in [5.41, 5.74) is 1.69. The monoisotopic (exact) mass is 213 g/mol. The van der Waals surface area contributed by atoms with E-state index in [1.807, 2.05) is 28.8 Å². The minimum absolute atomic E-state index is 0.0764. The van der Waals surface area contributed by atoms with E-state index in [2.05, 4.69) is 22.1 Å². The summed E-state index contributed by atoms with van der Waals surface area (Å²) in [6.45, 7) is 1.82. The highest BCUT2D eigenvalue weighted by Gasteiger charge is 1.97. The molecule has 0 aliphatic rings. The fourth-order valence-corrected chi connectivity index (χ4v) is 1.33. The molecule has 4 nitrogen and oxygen atoms in total. The Bertz CT molecular complexity index is 574. The van der Waals surface area contributed by atoms with Crippen molar-refractivity contribution >= 4 is 11.6 Å². The smallest absolute Gasteiger partial charge is 0.217 e. The number of pyridine rings is 1. The summed E-state index contributed by atoms with van der Waals surface area (Å²) < 4.78 is 1.90. The van der Waals surface area contributed by atoms with Crippen molar-refractivity contribution in [3.05, 3.63) is 36.3 Å². The van der Waals surface area contributed by atoms with E-state index in [0.29, 0.717) is 6.54 Å². The summed E-state index contributed by atoms with van der Waals surface area (Å²) in [5.74, 6) is 5.75. The van der Waals surface area contributed by atoms with E-state index in [9.17, 15) is 4.79 Å². The van der Waals surface area contributed by atoms with Gasteiger partial charge in [0.25, 0.3) is 0 Å². The highest BCUT2D eigenvalue weighted by atomic mass is 16.1. The van der Waals surface area contributed by atoms with Crippen molar-refractivity contribution in [3.8, 4) is 11.8 Å². The van der Waals surface area contributed by atoms with Crippen molar-refractivity contribution < 1.29 is 4.79 Å². The summed E-state index contributed by atoms with van der Waals surface area (Å²) in [6.07, 6.45) is 3.63. The maximum atomic E-state index is 10.6. The highest BCUT2D eigenvalue weighted by molar-refractivity contribution is 5.73. The van der Waals surface area contributed by atoms with Gasteiger partial charge in [-0.15, -0.1) is 0 Å². The normalized spacial score (nSPS) is 9.56. The molecule has 0 aliphatic carbocycles. The number of nitrogens with one attached hydrogen (secondary N) is 1. The molecule has 0 spiro atoms. The van der Waals surface area contributed by atoms with Gasteiger partial charge >= 0.3 is 0 Å². The molecular weight excluding hydrogens is 202 g/mol. The van der Waals surface area contributed by atoms with Gasteiger partial charge < -0.3 is 5.32 Å². The molecule has 0 radical (unpaired) electrons. The molecule has 2 heterocycles. The average molecular weight is 213 g/mol. The number of fused-ring (bicyclic) bond motifs is 1. The molecule has 4 heteroatoms. The van der Waals surface area contributed by atoms with Gasteiger partial charge in [0.2, 0.25) is 5.91 Å². The van der Waals surface area contributed by atoms with Crippen LogP contribution < -0.4 is 5.32 Å². The molecule has 1 amide bonds. The maximum Gasteiger partial charge on any atom is 0.217 e. The van der Waals surface area contributed by atoms with Crippen LogP contribution in [0, 0.1) is 11.8 Å². The van der Waals surface area contributed by atoms with Crippen LogP contribution in [0.2, 0.25) is 0 Å². The number of imidazole rings is 1. The van der Waals surface area contributed by atoms with Crippen LogP contribution in [0.15, 0.2) is 30.6 Å². The zero-order valence-electron chi connectivity index (χ0n) is 8.90. The molecule has 0 aliphatic heterocycles. The third kappa shape index (κ3) is 2.20. The summed E-state index contributed by atoms with van der Waals surface area (Å²) in [4.78, 5) is 14.8. The predicted octanol–water partition coefficient (Wildman–Crippen LogP) is 0.822. The Morgan fingerprint density at radius 1 is 1.56 bits per heavy atom. The van der Waals surface area contributed by atoms with Crippen LogP contribution in [0.25, 0.3) is 5.65 Å². The van der Waals surface area contributed by atoms with Crippen LogP contribution in [-0.4, -0.2) is 21.8 Å². The fourth-order valence-electron chi connectivity index (χ4n) is 1.33. The van der Waals surface area contributed by atoms with Crippen LogP contribution in [0.5, 0.6) is 0 Å². The Balaban J connectivity index is 2.18. The number of carbonyl (C=O) groups excluding carboxylic acids is 1. The number of rotatable bonds is 1. The minimum atomic E-state index is -0.0764. The Morgan fingerprint density at radius 3 is 3.25 bits per heavy atom. The fraction of sp³-hybridized carbons (Fsp3) is 0.167. The van der Waals surface area contributed by atoms with Gasteiger partial charge in [-0.25, -0.2) is 4.98 Å². The summed E-state index contributed by atoms with van der Waals surface area (Å²) in [6, 6.07) is 5.77. The Kier molecular flexibility index (Phi) is 2.88. The largest absolute Gasteiger partial charge is 0.345 e. The molecule has 0 fully saturated rings. The molecule has 2 rings (SSSR count). The molecule has 0 atom stereocenters. The van der Waals surface area contributed by atoms with Crippen molar-refractivity contribution in [1.82, 2.24) is 14.7 Å². The van der Waals surface area contributed by atoms with E-state index in [1.54, 1.807) is 6.20 Å². The molecule has 80 valence electrons. The molecule has 16 heavy (non-hydrogen) atoms. The van der Waals surface area contributed by atoms with Crippen molar-refractivity contribution in [1.29, 1.82) is 0 Å². The molecule has 2 aromatic rings. The average Bonchev–Trinajstić information content (AvgIpc) is 2.68. The van der Waals surface area contributed by atoms with Gasteiger partial charge in [0.15, 0.2) is 0 Å². The van der Waals surface area contributed by atoms with E-state index >= 15 is 0 Å². The number of aromatic nitrogens is 2. The zero-order valence-corrected chi connectivity index (χ0v) is 8.90. The first kappa shape index (κ1) is 10.2. The molecule has 1 N–H and O–H groups in total. The van der Waals surface area contributed by atoms with Gasteiger partial charge in [0.05, 0.1) is 12.7 Å². The van der Waals surface area contributed by atoms with Gasteiger partial charge in [-0.05, 0) is 18.1 Å². The van der Waals surface area contributed by atoms with Crippen LogP contribution in [0.3, 0.4) is 0 Å². The number of hydrogen-bond acceptors (Lipinski definition) is 2. The number of amides is 1. The predicted molar refractivity (Wildman–Crippen MR) is 60.8 cm³/mol. The van der Waals surface area contributed by atoms with E-state index in [0.717, 1.165) is 11.3 Å². The van der Waals surface area contributed by atoms with Crippen LogP contribution in [0.1, 0.15) is 12.6 Å². The molecule has 0 unspecified atom stereocenters. The highest BCUT2D eigenvalue weighted by Crippen LogP contribution is 2.03. The Labute approximate surface area is 93.3 Å². The van der Waals surface area contributed by atoms with Crippen molar-refractivity contribution in [2.24, 2.45) is 0 Å². The quantitative estimate of drug-likeness (QED) is 0.713. The first-order chi connectivity index (χ1) is 7.77. The first-order valence-corrected chi connectivity index (χ1v) is 4.93. The zero-order chi connectivity index (χ0) is 11.4. The lowest BCUT2D eigenvalue weighted by atomic mass is 10.4. The van der Waals surface area contributed by atoms with Crippen molar-refractivity contribution in [3.63, 3.8) is 0 Å². The number of nitrogens with zero attached hydrogens (tertiary/aromatic N) is 2. The Morgan fingerprint density at radius 2 is 2.44 bits per heavy atom. The number of carbonyl (C=O) groups is 1. The second-order valence-electron chi connectivity index (χ2n) is 3.28. The second kappa shape index (κ2) is 4.49. The van der Waals surface area contributed by atoms with Gasteiger partial charge in [0, 0.05) is 13.1 Å². The minimum Gasteiger partial charge on any atom is -0.345 e. The topological polar surface area (TPSA) is 46.4 Å². The molecule has 0 saturated heterocycles. The van der Waals surface area contributed by atoms with Crippen LogP contribution >= 0.6 is 0 Å². The number of hydrogen-bond donors (Lipinski definition) is 1. The standard InChI is InChI=1S/C12H11N3O/c1-10(16)13-7-4-5-11-9-14-12-6-2-3-8-15(11)12/h2-3,6,8-9H,7H2,1H3,(H,13,16). The Hall–Kier alpha value is -2.28. The van der Waals surface area contributed by atoms with Gasteiger partial charge in [-0.2, -0.15) is 0 Å². The molecule has 0 saturated carbocycles. The summed E-state index contributed by atoms with van der Waals surface area (Å²) in [5, 5.41) is 2.61. The second-order valence-corrected chi connectivity index (χ2v) is 3.28. The van der Waals surface area contributed by atoms with E-state index in [-0.39, 0.29) is 5.91 Å². The third-order valence-corrected chi connectivity index (χ3v) is 2.06. The third-order valence-electron chi connectivity index (χ3n) is 2.06. The van der Waals surface area contributed by atoms with Crippen LogP contribution in [0.4, 0.5) is 0 Å². The molecular formula is C12H11N3O. The lowest BCUT2D eigenvalue weighted by Gasteiger charge is -1.93. The van der Waals surface area contributed by atoms with E-state index in [1.165, 1.54) is 6.92 Å². The van der Waals surface area contributed by atoms with Gasteiger partial charge in [-0.3, -0.25) is 9.20 Å². The molecule has 0 bridgehead atoms. The summed E-state index contributed by atoms with van der Waals surface area (Å²) in [7, 11) is 0.